The molecule has 0 radical (unpaired) electrons. The van der Waals surface area contributed by atoms with Crippen molar-refractivity contribution in [2.75, 3.05) is 47.4 Å². The number of carbonyl (C=O) groups is 2. The highest BCUT2D eigenvalue weighted by atomic mass is 16.5. The van der Waals surface area contributed by atoms with Gasteiger partial charge in [0.15, 0.2) is 0 Å². The third-order valence-corrected chi connectivity index (χ3v) is 2.46. The molecule has 0 saturated heterocycles. The van der Waals surface area contributed by atoms with Crippen LogP contribution in [-0.4, -0.2) is 80.4 Å². The molecule has 0 aliphatic heterocycles. The zero-order valence-electron chi connectivity index (χ0n) is 11.5. The van der Waals surface area contributed by atoms with Gasteiger partial charge in [-0.3, -0.25) is 0 Å². The standard InChI is InChI=1S/C11H23N3O4/c1-9(10(15)16)14(4)11(17)12-5-7-18-8-6-13(2)3/h9H,5-8H2,1-4H3,(H,12,17)(H,15,16). The molecule has 0 spiro atoms. The Hall–Kier alpha value is -1.34. The van der Waals surface area contributed by atoms with Crippen LogP contribution in [0.1, 0.15) is 6.92 Å². The summed E-state index contributed by atoms with van der Waals surface area (Å²) < 4.78 is 5.29. The second-order valence-corrected chi connectivity index (χ2v) is 4.27. The summed E-state index contributed by atoms with van der Waals surface area (Å²) in [5.41, 5.74) is 0. The molecule has 0 aromatic rings. The first-order valence-electron chi connectivity index (χ1n) is 5.82. The van der Waals surface area contributed by atoms with E-state index in [-0.39, 0.29) is 0 Å². The lowest BCUT2D eigenvalue weighted by atomic mass is 10.3. The van der Waals surface area contributed by atoms with Gasteiger partial charge in [-0.1, -0.05) is 0 Å². The van der Waals surface area contributed by atoms with Crippen LogP contribution in [0.15, 0.2) is 0 Å². The maximum Gasteiger partial charge on any atom is 0.326 e. The molecule has 1 unspecified atom stereocenters. The van der Waals surface area contributed by atoms with Gasteiger partial charge in [0.25, 0.3) is 0 Å². The normalized spacial score (nSPS) is 12.3. The number of carbonyl (C=O) groups excluding carboxylic acids is 1. The molecular formula is C11H23N3O4. The third-order valence-electron chi connectivity index (χ3n) is 2.46. The Balaban J connectivity index is 3.67. The summed E-state index contributed by atoms with van der Waals surface area (Å²) >= 11 is 0. The Bertz CT molecular complexity index is 271. The summed E-state index contributed by atoms with van der Waals surface area (Å²) in [7, 11) is 5.35. The fourth-order valence-electron chi connectivity index (χ4n) is 1.05. The van der Waals surface area contributed by atoms with Gasteiger partial charge in [-0.2, -0.15) is 0 Å². The van der Waals surface area contributed by atoms with Crippen molar-refractivity contribution in [2.24, 2.45) is 0 Å². The summed E-state index contributed by atoms with van der Waals surface area (Å²) in [4.78, 5) is 25.3. The van der Waals surface area contributed by atoms with Crippen LogP contribution in [0.3, 0.4) is 0 Å². The van der Waals surface area contributed by atoms with E-state index in [2.05, 4.69) is 5.32 Å². The number of amides is 2. The molecule has 0 heterocycles. The van der Waals surface area contributed by atoms with Crippen LogP contribution < -0.4 is 5.32 Å². The molecular weight excluding hydrogens is 238 g/mol. The first-order valence-corrected chi connectivity index (χ1v) is 5.82. The number of hydrogen-bond donors (Lipinski definition) is 2. The van der Waals surface area contributed by atoms with Gasteiger partial charge in [0.1, 0.15) is 6.04 Å². The third kappa shape index (κ3) is 7.08. The Labute approximate surface area is 108 Å². The Kier molecular flexibility index (Phi) is 8.06. The van der Waals surface area contributed by atoms with Gasteiger partial charge in [-0.15, -0.1) is 0 Å². The fraction of sp³-hybridized carbons (Fsp3) is 0.818. The molecule has 0 bridgehead atoms. The van der Waals surface area contributed by atoms with Crippen molar-refractivity contribution in [1.82, 2.24) is 15.1 Å². The van der Waals surface area contributed by atoms with Gasteiger partial charge >= 0.3 is 12.0 Å². The summed E-state index contributed by atoms with van der Waals surface area (Å²) in [6.07, 6.45) is 0. The van der Waals surface area contributed by atoms with Crippen molar-refractivity contribution < 1.29 is 19.4 Å². The zero-order valence-corrected chi connectivity index (χ0v) is 11.5. The molecule has 0 aliphatic rings. The van der Waals surface area contributed by atoms with Crippen LogP contribution in [0.25, 0.3) is 0 Å². The molecule has 0 fully saturated rings. The number of ether oxygens (including phenoxy) is 1. The predicted molar refractivity (Wildman–Crippen MR) is 67.6 cm³/mol. The van der Waals surface area contributed by atoms with Gasteiger partial charge < -0.3 is 25.0 Å². The molecule has 2 N–H and O–H groups in total. The minimum absolute atomic E-state index is 0.364. The lowest BCUT2D eigenvalue weighted by molar-refractivity contribution is -0.141. The summed E-state index contributed by atoms with van der Waals surface area (Å²) in [6, 6.07) is -1.26. The average molecular weight is 261 g/mol. The van der Waals surface area contributed by atoms with E-state index in [4.69, 9.17) is 9.84 Å². The van der Waals surface area contributed by atoms with E-state index in [9.17, 15) is 9.59 Å². The number of rotatable bonds is 8. The lowest BCUT2D eigenvalue weighted by Crippen LogP contribution is -2.46. The lowest BCUT2D eigenvalue weighted by Gasteiger charge is -2.21. The van der Waals surface area contributed by atoms with Gasteiger partial charge in [-0.05, 0) is 21.0 Å². The van der Waals surface area contributed by atoms with E-state index in [0.29, 0.717) is 19.8 Å². The highest BCUT2D eigenvalue weighted by molar-refractivity contribution is 5.82. The SMILES string of the molecule is CC(C(=O)O)N(C)C(=O)NCCOCCN(C)C. The fourth-order valence-corrected chi connectivity index (χ4v) is 1.05. The maximum absolute atomic E-state index is 11.5. The zero-order chi connectivity index (χ0) is 14.1. The van der Waals surface area contributed by atoms with Crippen molar-refractivity contribution in [3.63, 3.8) is 0 Å². The Morgan fingerprint density at radius 1 is 1.28 bits per heavy atom. The van der Waals surface area contributed by atoms with E-state index in [1.54, 1.807) is 0 Å². The number of hydrogen-bond acceptors (Lipinski definition) is 4. The first kappa shape index (κ1) is 16.7. The van der Waals surface area contributed by atoms with Gasteiger partial charge in [0, 0.05) is 20.1 Å². The molecule has 0 aromatic heterocycles. The second-order valence-electron chi connectivity index (χ2n) is 4.27. The minimum atomic E-state index is -1.03. The van der Waals surface area contributed by atoms with Crippen LogP contribution in [0.5, 0.6) is 0 Å². The summed E-state index contributed by atoms with van der Waals surface area (Å²) in [5.74, 6) is -1.03. The Morgan fingerprint density at radius 2 is 1.89 bits per heavy atom. The number of aliphatic carboxylic acids is 1. The van der Waals surface area contributed by atoms with Crippen LogP contribution in [0, 0.1) is 0 Å². The molecule has 0 saturated carbocycles. The van der Waals surface area contributed by atoms with E-state index in [1.165, 1.54) is 14.0 Å². The second kappa shape index (κ2) is 8.71. The summed E-state index contributed by atoms with van der Waals surface area (Å²) in [5, 5.41) is 11.3. The molecule has 7 nitrogen and oxygen atoms in total. The number of carboxylic acid groups (broad SMARTS) is 1. The van der Waals surface area contributed by atoms with Crippen LogP contribution in [0.4, 0.5) is 4.79 Å². The topological polar surface area (TPSA) is 82.1 Å². The highest BCUT2D eigenvalue weighted by Gasteiger charge is 2.20. The molecule has 106 valence electrons. The number of urea groups is 1. The van der Waals surface area contributed by atoms with Crippen LogP contribution >= 0.6 is 0 Å². The van der Waals surface area contributed by atoms with Crippen LogP contribution in [-0.2, 0) is 9.53 Å². The molecule has 0 rings (SSSR count). The molecule has 0 aliphatic carbocycles. The molecule has 2 amide bonds. The largest absolute Gasteiger partial charge is 0.480 e. The van der Waals surface area contributed by atoms with Gasteiger partial charge in [-0.25, -0.2) is 9.59 Å². The minimum Gasteiger partial charge on any atom is -0.480 e. The Morgan fingerprint density at radius 3 is 2.39 bits per heavy atom. The number of nitrogens with zero attached hydrogens (tertiary/aromatic N) is 2. The van der Waals surface area contributed by atoms with Gasteiger partial charge in [0.2, 0.25) is 0 Å². The predicted octanol–water partition coefficient (Wildman–Crippen LogP) is -0.321. The quantitative estimate of drug-likeness (QED) is 0.585. The smallest absolute Gasteiger partial charge is 0.326 e. The van der Waals surface area contributed by atoms with E-state index in [1.807, 2.05) is 19.0 Å². The van der Waals surface area contributed by atoms with Gasteiger partial charge in [0.05, 0.1) is 13.2 Å². The number of likely N-dealkylation sites (N-methyl/N-ethyl adjacent to an activating group) is 2. The average Bonchev–Trinajstić information content (AvgIpc) is 2.30. The van der Waals surface area contributed by atoms with Crippen LogP contribution in [0.2, 0.25) is 0 Å². The number of carboxylic acids is 1. The monoisotopic (exact) mass is 261 g/mol. The van der Waals surface area contributed by atoms with E-state index in [0.717, 1.165) is 11.4 Å². The van der Waals surface area contributed by atoms with Crippen molar-refractivity contribution in [3.8, 4) is 0 Å². The molecule has 0 aromatic carbocycles. The highest BCUT2D eigenvalue weighted by Crippen LogP contribution is 1.95. The number of nitrogens with one attached hydrogen (secondary N) is 1. The maximum atomic E-state index is 11.5. The van der Waals surface area contributed by atoms with Crippen molar-refractivity contribution in [3.05, 3.63) is 0 Å². The summed E-state index contributed by atoms with van der Waals surface area (Å²) in [6.45, 7) is 3.65. The van der Waals surface area contributed by atoms with Crippen molar-refractivity contribution >= 4 is 12.0 Å². The van der Waals surface area contributed by atoms with Crippen molar-refractivity contribution in [2.45, 2.75) is 13.0 Å². The van der Waals surface area contributed by atoms with Crippen molar-refractivity contribution in [1.29, 1.82) is 0 Å². The van der Waals surface area contributed by atoms with E-state index < -0.39 is 18.0 Å². The van der Waals surface area contributed by atoms with E-state index >= 15 is 0 Å². The molecule has 18 heavy (non-hydrogen) atoms. The first-order chi connectivity index (χ1) is 8.36. The molecule has 1 atom stereocenters. The molecule has 7 heteroatoms.